The van der Waals surface area contributed by atoms with Crippen LogP contribution in [0, 0.1) is 0 Å². The summed E-state index contributed by atoms with van der Waals surface area (Å²) in [4.78, 5) is 11.4. The predicted molar refractivity (Wildman–Crippen MR) is 88.6 cm³/mol. The van der Waals surface area contributed by atoms with E-state index in [1.54, 1.807) is 0 Å². The number of rotatable bonds is 11. The molecule has 22 heavy (non-hydrogen) atoms. The lowest BCUT2D eigenvalue weighted by atomic mass is 10.0. The Morgan fingerprint density at radius 1 is 1.09 bits per heavy atom. The van der Waals surface area contributed by atoms with E-state index >= 15 is 0 Å². The second-order valence-corrected chi connectivity index (χ2v) is 5.93. The molecular weight excluding hydrogens is 303 g/mol. The van der Waals surface area contributed by atoms with Gasteiger partial charge in [-0.15, -0.1) is 0 Å². The second-order valence-electron chi connectivity index (χ2n) is 5.55. The van der Waals surface area contributed by atoms with Gasteiger partial charge >= 0.3 is 5.97 Å². The molecule has 124 valence electrons. The fourth-order valence-corrected chi connectivity index (χ4v) is 2.49. The van der Waals surface area contributed by atoms with Crippen molar-refractivity contribution in [3.63, 3.8) is 0 Å². The van der Waals surface area contributed by atoms with E-state index in [2.05, 4.69) is 6.92 Å². The van der Waals surface area contributed by atoms with Crippen LogP contribution in [-0.2, 0) is 9.53 Å². The Kier molecular flexibility index (Phi) is 9.89. The number of ether oxygens (including phenoxy) is 1. The highest BCUT2D eigenvalue weighted by atomic mass is 35.5. The molecule has 0 amide bonds. The van der Waals surface area contributed by atoms with Gasteiger partial charge in [-0.05, 0) is 18.4 Å². The summed E-state index contributed by atoms with van der Waals surface area (Å²) in [5.74, 6) is -1.00. The van der Waals surface area contributed by atoms with Crippen LogP contribution in [0.4, 0.5) is 4.39 Å². The van der Waals surface area contributed by atoms with Gasteiger partial charge in [0, 0.05) is 0 Å². The minimum atomic E-state index is -2.10. The van der Waals surface area contributed by atoms with E-state index < -0.39 is 17.7 Å². The van der Waals surface area contributed by atoms with Crippen molar-refractivity contribution in [2.45, 2.75) is 70.0 Å². The van der Waals surface area contributed by atoms with Crippen molar-refractivity contribution in [2.75, 3.05) is 0 Å². The first-order valence-corrected chi connectivity index (χ1v) is 8.62. The van der Waals surface area contributed by atoms with Crippen LogP contribution in [0.3, 0.4) is 0 Å². The molecule has 0 aliphatic heterocycles. The Balaban J connectivity index is 2.41. The van der Waals surface area contributed by atoms with E-state index in [1.165, 1.54) is 32.1 Å². The van der Waals surface area contributed by atoms with Crippen LogP contribution in [-0.4, -0.2) is 11.6 Å². The fourth-order valence-electron chi connectivity index (χ4n) is 2.44. The van der Waals surface area contributed by atoms with Gasteiger partial charge in [0.25, 0.3) is 5.63 Å². The van der Waals surface area contributed by atoms with E-state index in [0.717, 1.165) is 18.4 Å². The Morgan fingerprint density at radius 2 is 1.68 bits per heavy atom. The van der Waals surface area contributed by atoms with Crippen molar-refractivity contribution in [1.82, 2.24) is 0 Å². The molecule has 0 radical (unpaired) electrons. The largest absolute Gasteiger partial charge is 0.454 e. The quantitative estimate of drug-likeness (QED) is 0.285. The molecule has 4 heteroatoms. The first-order valence-electron chi connectivity index (χ1n) is 8.18. The van der Waals surface area contributed by atoms with Gasteiger partial charge < -0.3 is 4.74 Å². The highest BCUT2D eigenvalue weighted by molar-refractivity contribution is 6.28. The van der Waals surface area contributed by atoms with Gasteiger partial charge in [0.1, 0.15) is 6.10 Å². The van der Waals surface area contributed by atoms with Crippen LogP contribution in [0.5, 0.6) is 0 Å². The van der Waals surface area contributed by atoms with E-state index in [-0.39, 0.29) is 0 Å². The van der Waals surface area contributed by atoms with Crippen LogP contribution in [0.1, 0.15) is 70.0 Å². The van der Waals surface area contributed by atoms with E-state index in [4.69, 9.17) is 16.3 Å². The summed E-state index contributed by atoms with van der Waals surface area (Å²) in [7, 11) is 0. The molecule has 1 aromatic rings. The molecule has 1 rings (SSSR count). The smallest absolute Gasteiger partial charge is 0.357 e. The number of benzene rings is 1. The zero-order valence-electron chi connectivity index (χ0n) is 13.3. The summed E-state index contributed by atoms with van der Waals surface area (Å²) in [6, 6.07) is 9.44. The van der Waals surface area contributed by atoms with Gasteiger partial charge in [-0.3, -0.25) is 0 Å². The Labute approximate surface area is 138 Å². The minimum absolute atomic E-state index is 0.415. The fraction of sp³-hybridized carbons (Fsp3) is 0.611. The zero-order chi connectivity index (χ0) is 16.2. The van der Waals surface area contributed by atoms with Crippen molar-refractivity contribution in [1.29, 1.82) is 0 Å². The average Bonchev–Trinajstić information content (AvgIpc) is 2.53. The molecule has 0 saturated heterocycles. The third-order valence-electron chi connectivity index (χ3n) is 3.68. The van der Waals surface area contributed by atoms with Crippen LogP contribution in [0.2, 0.25) is 0 Å². The number of carbonyl (C=O) groups is 1. The first-order chi connectivity index (χ1) is 10.6. The lowest BCUT2D eigenvalue weighted by molar-refractivity contribution is -0.152. The Bertz CT molecular complexity index is 409. The number of carbonyl (C=O) groups excluding carboxylic acids is 1. The average molecular weight is 329 g/mol. The molecule has 0 saturated carbocycles. The van der Waals surface area contributed by atoms with Gasteiger partial charge in [0.15, 0.2) is 0 Å². The van der Waals surface area contributed by atoms with Crippen LogP contribution < -0.4 is 0 Å². The van der Waals surface area contributed by atoms with Crippen LogP contribution in [0.15, 0.2) is 30.3 Å². The molecule has 0 fully saturated rings. The van der Waals surface area contributed by atoms with Gasteiger partial charge in [0.2, 0.25) is 0 Å². The highest BCUT2D eigenvalue weighted by Gasteiger charge is 2.21. The lowest BCUT2D eigenvalue weighted by Gasteiger charge is -2.18. The van der Waals surface area contributed by atoms with E-state index in [9.17, 15) is 9.18 Å². The summed E-state index contributed by atoms with van der Waals surface area (Å²) in [6.07, 6.45) is 8.60. The molecule has 2 nitrogen and oxygen atoms in total. The van der Waals surface area contributed by atoms with Crippen LogP contribution in [0.25, 0.3) is 0 Å². The maximum absolute atomic E-state index is 12.8. The normalized spacial score (nSPS) is 13.6. The van der Waals surface area contributed by atoms with Gasteiger partial charge in [-0.1, -0.05) is 87.4 Å². The third kappa shape index (κ3) is 7.79. The Hall–Kier alpha value is -1.09. The van der Waals surface area contributed by atoms with Gasteiger partial charge in [0.05, 0.1) is 0 Å². The molecule has 0 spiro atoms. The highest BCUT2D eigenvalue weighted by Crippen LogP contribution is 2.25. The third-order valence-corrected chi connectivity index (χ3v) is 3.86. The number of esters is 1. The maximum atomic E-state index is 12.8. The van der Waals surface area contributed by atoms with Crippen molar-refractivity contribution < 1.29 is 13.9 Å². The zero-order valence-corrected chi connectivity index (χ0v) is 14.0. The summed E-state index contributed by atoms with van der Waals surface area (Å²) in [6.45, 7) is 2.20. The molecule has 0 unspecified atom stereocenters. The van der Waals surface area contributed by atoms with Crippen molar-refractivity contribution >= 4 is 17.6 Å². The molecular formula is C18H26ClFO2. The number of unbranched alkanes of at least 4 members (excludes halogenated alkanes) is 6. The minimum Gasteiger partial charge on any atom is -0.454 e. The lowest BCUT2D eigenvalue weighted by Crippen LogP contribution is -2.17. The molecule has 1 aromatic carbocycles. The van der Waals surface area contributed by atoms with Crippen LogP contribution >= 0.6 is 11.6 Å². The van der Waals surface area contributed by atoms with Crippen molar-refractivity contribution in [3.05, 3.63) is 35.9 Å². The molecule has 0 aliphatic rings. The summed E-state index contributed by atoms with van der Waals surface area (Å²) >= 11 is 5.15. The number of hydrogen-bond acceptors (Lipinski definition) is 2. The standard InChI is InChI=1S/C18H26ClFO2/c1-2-3-4-5-6-7-11-14-16(22-18(21)17(19)20)15-12-9-8-10-13-15/h8-10,12-13,16-17H,2-7,11,14H2,1H3/t16-,17+/m0/s1. The van der Waals surface area contributed by atoms with Gasteiger partial charge in [-0.25, -0.2) is 9.18 Å². The summed E-state index contributed by atoms with van der Waals surface area (Å²) in [5.41, 5.74) is -1.21. The number of halogens is 2. The van der Waals surface area contributed by atoms with Gasteiger partial charge in [-0.2, -0.15) is 0 Å². The topological polar surface area (TPSA) is 26.3 Å². The molecule has 0 aliphatic carbocycles. The van der Waals surface area contributed by atoms with Crippen molar-refractivity contribution in [2.24, 2.45) is 0 Å². The summed E-state index contributed by atoms with van der Waals surface area (Å²) < 4.78 is 18.0. The van der Waals surface area contributed by atoms with Crippen molar-refractivity contribution in [3.8, 4) is 0 Å². The Morgan fingerprint density at radius 3 is 2.27 bits per heavy atom. The molecule has 0 aromatic heterocycles. The molecule has 2 atom stereocenters. The van der Waals surface area contributed by atoms with E-state index in [0.29, 0.717) is 6.42 Å². The van der Waals surface area contributed by atoms with E-state index in [1.807, 2.05) is 30.3 Å². The number of hydrogen-bond donors (Lipinski definition) is 0. The SMILES string of the molecule is CCCCCCCCC[C@H](OC(=O)[C@@H](F)Cl)c1ccccc1. The predicted octanol–water partition coefficient (Wildman–Crippen LogP) is 5.95. The number of alkyl halides is 2. The summed E-state index contributed by atoms with van der Waals surface area (Å²) in [5, 5.41) is 0. The second kappa shape index (κ2) is 11.5. The molecule has 0 heterocycles. The monoisotopic (exact) mass is 328 g/mol. The first kappa shape index (κ1) is 19.0. The molecule has 0 bridgehead atoms. The maximum Gasteiger partial charge on any atom is 0.357 e. The molecule has 0 N–H and O–H groups in total.